The monoisotopic (exact) mass is 430 g/mol. The van der Waals surface area contributed by atoms with Gasteiger partial charge in [-0.15, -0.1) is 0 Å². The Morgan fingerprint density at radius 3 is 1.30 bits per heavy atom. The van der Waals surface area contributed by atoms with Crippen LogP contribution in [0.2, 0.25) is 0 Å². The van der Waals surface area contributed by atoms with Crippen molar-refractivity contribution in [3.8, 4) is 0 Å². The summed E-state index contributed by atoms with van der Waals surface area (Å²) in [6.07, 6.45) is 4.49. The van der Waals surface area contributed by atoms with Crippen LogP contribution in [0, 0.1) is 0 Å². The van der Waals surface area contributed by atoms with E-state index in [1.165, 1.54) is 33.2 Å². The molecule has 4 nitrogen and oxygen atoms in total. The van der Waals surface area contributed by atoms with Gasteiger partial charge in [-0.3, -0.25) is 0 Å². The number of hydrogen-bond acceptors (Lipinski definition) is 0. The van der Waals surface area contributed by atoms with Crippen molar-refractivity contribution in [2.24, 2.45) is 0 Å². The van der Waals surface area contributed by atoms with E-state index in [1.807, 2.05) is 0 Å². The fourth-order valence-electron chi connectivity index (χ4n) is 4.69. The Bertz CT molecular complexity index is 1410. The molecule has 6 aromatic rings. The van der Waals surface area contributed by atoms with E-state index in [4.69, 9.17) is 0 Å². The molecule has 0 bridgehead atoms. The smallest absolute Gasteiger partial charge is 0.225 e. The van der Waals surface area contributed by atoms with Crippen molar-refractivity contribution in [1.82, 2.24) is 9.13 Å². The number of para-hydroxylation sites is 4. The fraction of sp³-hybridized carbons (Fsp3) is 0.103. The van der Waals surface area contributed by atoms with Gasteiger partial charge in [0.25, 0.3) is 0 Å². The van der Waals surface area contributed by atoms with Crippen molar-refractivity contribution in [1.29, 1.82) is 0 Å². The van der Waals surface area contributed by atoms with Crippen molar-refractivity contribution >= 4 is 22.1 Å². The summed E-state index contributed by atoms with van der Waals surface area (Å²) in [4.78, 5) is 0. The van der Waals surface area contributed by atoms with Gasteiger partial charge in [0.05, 0.1) is 0 Å². The molecule has 0 N–H and O–H groups in total. The summed E-state index contributed by atoms with van der Waals surface area (Å²) in [5, 5.41) is 0. The number of nitrogens with zero attached hydrogens (tertiary/aromatic N) is 4. The van der Waals surface area contributed by atoms with Gasteiger partial charge in [-0.05, 0) is 35.4 Å². The second-order valence-electron chi connectivity index (χ2n) is 8.52. The summed E-state index contributed by atoms with van der Waals surface area (Å²) in [6.45, 7) is 2.47. The van der Waals surface area contributed by atoms with Crippen LogP contribution in [0.1, 0.15) is 11.1 Å². The first-order valence-corrected chi connectivity index (χ1v) is 11.4. The molecule has 4 heteroatoms. The van der Waals surface area contributed by atoms with Gasteiger partial charge in [-0.1, -0.05) is 84.9 Å². The lowest BCUT2D eigenvalue weighted by molar-refractivity contribution is -0.890. The van der Waals surface area contributed by atoms with Crippen LogP contribution in [0.3, 0.4) is 0 Å². The Morgan fingerprint density at radius 1 is 0.455 bits per heavy atom. The number of benzene rings is 4. The molecule has 0 unspecified atom stereocenters. The number of fused-ring (bicyclic) bond motifs is 2. The Hall–Kier alpha value is -4.18. The Kier molecular flexibility index (Phi) is 4.96. The van der Waals surface area contributed by atoms with Crippen LogP contribution < -0.4 is 9.13 Å². The fourth-order valence-corrected chi connectivity index (χ4v) is 4.69. The van der Waals surface area contributed by atoms with E-state index in [2.05, 4.69) is 140 Å². The highest BCUT2D eigenvalue weighted by Gasteiger charge is 2.21. The topological polar surface area (TPSA) is 17.6 Å². The molecular formula is C29H26N4+2. The Balaban J connectivity index is 1.40. The molecule has 160 valence electrons. The van der Waals surface area contributed by atoms with E-state index in [9.17, 15) is 0 Å². The van der Waals surface area contributed by atoms with Crippen LogP contribution in [0.4, 0.5) is 0 Å². The van der Waals surface area contributed by atoms with Crippen LogP contribution in [-0.4, -0.2) is 9.13 Å². The lowest BCUT2D eigenvalue weighted by Crippen LogP contribution is -2.50. The van der Waals surface area contributed by atoms with E-state index in [0.717, 1.165) is 19.8 Å². The molecule has 0 aliphatic heterocycles. The zero-order valence-corrected chi connectivity index (χ0v) is 18.5. The van der Waals surface area contributed by atoms with Gasteiger partial charge < -0.3 is 0 Å². The van der Waals surface area contributed by atoms with Crippen molar-refractivity contribution in [2.75, 3.05) is 0 Å². The highest BCUT2D eigenvalue weighted by molar-refractivity contribution is 5.72. The van der Waals surface area contributed by atoms with Gasteiger partial charge in [0.2, 0.25) is 19.3 Å². The number of imidazole rings is 2. The molecule has 0 spiro atoms. The maximum Gasteiger partial charge on any atom is 0.248 e. The predicted molar refractivity (Wildman–Crippen MR) is 131 cm³/mol. The van der Waals surface area contributed by atoms with Crippen LogP contribution >= 0.6 is 0 Å². The maximum atomic E-state index is 2.34. The average molecular weight is 431 g/mol. The third-order valence-corrected chi connectivity index (χ3v) is 6.25. The minimum atomic E-state index is 0.755. The van der Waals surface area contributed by atoms with Crippen LogP contribution in [0.15, 0.2) is 122 Å². The van der Waals surface area contributed by atoms with Crippen molar-refractivity contribution in [3.05, 3.63) is 133 Å². The molecule has 0 amide bonds. The standard InChI is InChI=1S/C29H26N4/c1-3-11-24(12-4-1)19-30-21-32(28-17-9-7-15-26(28)30)23-33-22-31(20-25-13-5-2-6-14-25)27-16-8-10-18-29(27)33/h1-18,21-22H,19-20,23H2/q+2. The zero-order valence-electron chi connectivity index (χ0n) is 18.5. The molecule has 2 aromatic heterocycles. The first-order chi connectivity index (χ1) is 16.3. The molecule has 0 radical (unpaired) electrons. The van der Waals surface area contributed by atoms with Crippen molar-refractivity contribution in [3.63, 3.8) is 0 Å². The van der Waals surface area contributed by atoms with Crippen LogP contribution in [0.25, 0.3) is 22.1 Å². The van der Waals surface area contributed by atoms with Gasteiger partial charge >= 0.3 is 0 Å². The lowest BCUT2D eigenvalue weighted by atomic mass is 10.2. The minimum absolute atomic E-state index is 0.755. The van der Waals surface area contributed by atoms with Crippen LogP contribution in [-0.2, 0) is 19.8 Å². The average Bonchev–Trinajstić information content (AvgIpc) is 3.39. The van der Waals surface area contributed by atoms with Gasteiger partial charge in [0.15, 0.2) is 22.1 Å². The summed E-state index contributed by atoms with van der Waals surface area (Å²) in [6, 6.07) is 38.6. The molecule has 6 rings (SSSR count). The summed E-state index contributed by atoms with van der Waals surface area (Å²) >= 11 is 0. The van der Waals surface area contributed by atoms with Gasteiger partial charge in [0, 0.05) is 0 Å². The molecule has 0 saturated heterocycles. The summed E-state index contributed by atoms with van der Waals surface area (Å²) in [7, 11) is 0. The van der Waals surface area contributed by atoms with Crippen molar-refractivity contribution < 1.29 is 9.13 Å². The molecule has 0 aliphatic rings. The Labute approximate surface area is 193 Å². The zero-order chi connectivity index (χ0) is 22.0. The largest absolute Gasteiger partial charge is 0.248 e. The minimum Gasteiger partial charge on any atom is -0.225 e. The number of hydrogen-bond donors (Lipinski definition) is 0. The number of rotatable bonds is 6. The molecule has 33 heavy (non-hydrogen) atoms. The van der Waals surface area contributed by atoms with Gasteiger partial charge in [0.1, 0.15) is 13.1 Å². The van der Waals surface area contributed by atoms with E-state index in [0.29, 0.717) is 0 Å². The third-order valence-electron chi connectivity index (χ3n) is 6.25. The SMILES string of the molecule is c1ccc(Cn2c[n+](C[n+]3cn(Cc4ccccc4)c4ccccc43)c3ccccc32)cc1. The molecule has 4 aromatic carbocycles. The molecule has 0 saturated carbocycles. The number of aromatic nitrogens is 4. The van der Waals surface area contributed by atoms with E-state index >= 15 is 0 Å². The highest BCUT2D eigenvalue weighted by Crippen LogP contribution is 2.15. The van der Waals surface area contributed by atoms with Crippen molar-refractivity contribution in [2.45, 2.75) is 19.8 Å². The molecule has 2 heterocycles. The second-order valence-corrected chi connectivity index (χ2v) is 8.52. The van der Waals surface area contributed by atoms with Gasteiger partial charge in [-0.25, -0.2) is 9.13 Å². The Morgan fingerprint density at radius 2 is 0.848 bits per heavy atom. The normalized spacial score (nSPS) is 11.4. The summed E-state index contributed by atoms with van der Waals surface area (Å²) in [5.41, 5.74) is 7.57. The first-order valence-electron chi connectivity index (χ1n) is 11.4. The predicted octanol–water partition coefficient (Wildman–Crippen LogP) is 4.77. The summed E-state index contributed by atoms with van der Waals surface area (Å²) in [5.74, 6) is 0. The highest BCUT2D eigenvalue weighted by atomic mass is 15.2. The van der Waals surface area contributed by atoms with Gasteiger partial charge in [-0.2, -0.15) is 9.13 Å². The summed E-state index contributed by atoms with van der Waals surface area (Å²) < 4.78 is 9.37. The van der Waals surface area contributed by atoms with E-state index < -0.39 is 0 Å². The molecular weight excluding hydrogens is 404 g/mol. The molecule has 0 atom stereocenters. The second kappa shape index (κ2) is 8.40. The molecule has 0 aliphatic carbocycles. The van der Waals surface area contributed by atoms with E-state index in [1.54, 1.807) is 0 Å². The van der Waals surface area contributed by atoms with E-state index in [-0.39, 0.29) is 0 Å². The maximum absolute atomic E-state index is 2.34. The van der Waals surface area contributed by atoms with Crippen LogP contribution in [0.5, 0.6) is 0 Å². The third kappa shape index (κ3) is 3.80. The quantitative estimate of drug-likeness (QED) is 0.339. The molecule has 0 fully saturated rings. The lowest BCUT2D eigenvalue weighted by Gasteiger charge is -1.98. The first kappa shape index (κ1) is 19.5.